The van der Waals surface area contributed by atoms with E-state index in [2.05, 4.69) is 11.9 Å². The predicted octanol–water partition coefficient (Wildman–Crippen LogP) is 0.353. The molecule has 3 heteroatoms. The molecule has 0 spiro atoms. The third-order valence-electron chi connectivity index (χ3n) is 2.18. The molecule has 1 saturated heterocycles. The SMILES string of the molecule is COCC[C@H]1COCCN1C. The second-order valence-corrected chi connectivity index (χ2v) is 2.99. The molecular formula is C8H17NO2. The van der Waals surface area contributed by atoms with Crippen LogP contribution < -0.4 is 0 Å². The second-order valence-electron chi connectivity index (χ2n) is 2.99. The third kappa shape index (κ3) is 2.77. The first-order valence-electron chi connectivity index (χ1n) is 4.11. The number of nitrogens with zero attached hydrogens (tertiary/aromatic N) is 1. The van der Waals surface area contributed by atoms with Gasteiger partial charge >= 0.3 is 0 Å². The van der Waals surface area contributed by atoms with Crippen molar-refractivity contribution in [3.05, 3.63) is 0 Å². The maximum absolute atomic E-state index is 5.35. The Kier molecular flexibility index (Phi) is 3.83. The van der Waals surface area contributed by atoms with Crippen molar-refractivity contribution in [2.75, 3.05) is 40.5 Å². The van der Waals surface area contributed by atoms with Crippen molar-refractivity contribution >= 4 is 0 Å². The van der Waals surface area contributed by atoms with Crippen LogP contribution in [0.15, 0.2) is 0 Å². The summed E-state index contributed by atoms with van der Waals surface area (Å²) in [5, 5.41) is 0. The van der Waals surface area contributed by atoms with Gasteiger partial charge in [0.2, 0.25) is 0 Å². The van der Waals surface area contributed by atoms with Gasteiger partial charge in [-0.3, -0.25) is 4.90 Å². The number of hydrogen-bond donors (Lipinski definition) is 0. The minimum absolute atomic E-state index is 0.559. The standard InChI is InChI=1S/C8H17NO2/c1-9-4-6-11-7-8(9)3-5-10-2/h8H,3-7H2,1-2H3/t8-/m0/s1. The maximum Gasteiger partial charge on any atom is 0.0623 e. The molecule has 0 bridgehead atoms. The fourth-order valence-corrected chi connectivity index (χ4v) is 1.30. The molecule has 0 aromatic carbocycles. The van der Waals surface area contributed by atoms with Crippen molar-refractivity contribution in [1.82, 2.24) is 4.90 Å². The zero-order valence-corrected chi connectivity index (χ0v) is 7.38. The first-order valence-corrected chi connectivity index (χ1v) is 4.11. The summed E-state index contributed by atoms with van der Waals surface area (Å²) in [6.07, 6.45) is 1.08. The molecular weight excluding hydrogens is 142 g/mol. The molecule has 11 heavy (non-hydrogen) atoms. The first kappa shape index (κ1) is 8.97. The van der Waals surface area contributed by atoms with Crippen molar-refractivity contribution in [3.8, 4) is 0 Å². The lowest BCUT2D eigenvalue weighted by Crippen LogP contribution is -2.43. The van der Waals surface area contributed by atoms with E-state index in [-0.39, 0.29) is 0 Å². The van der Waals surface area contributed by atoms with Crippen molar-refractivity contribution in [2.24, 2.45) is 0 Å². The highest BCUT2D eigenvalue weighted by Crippen LogP contribution is 2.07. The van der Waals surface area contributed by atoms with Crippen LogP contribution in [0.25, 0.3) is 0 Å². The summed E-state index contributed by atoms with van der Waals surface area (Å²) in [6, 6.07) is 0.559. The van der Waals surface area contributed by atoms with Crippen molar-refractivity contribution < 1.29 is 9.47 Å². The monoisotopic (exact) mass is 159 g/mol. The molecule has 1 aliphatic rings. The van der Waals surface area contributed by atoms with E-state index in [1.807, 2.05) is 0 Å². The van der Waals surface area contributed by atoms with Gasteiger partial charge in [-0.05, 0) is 13.5 Å². The van der Waals surface area contributed by atoms with E-state index in [4.69, 9.17) is 9.47 Å². The van der Waals surface area contributed by atoms with Gasteiger partial charge in [-0.25, -0.2) is 0 Å². The van der Waals surface area contributed by atoms with Gasteiger partial charge in [-0.2, -0.15) is 0 Å². The number of hydrogen-bond acceptors (Lipinski definition) is 3. The molecule has 3 nitrogen and oxygen atoms in total. The van der Waals surface area contributed by atoms with Crippen LogP contribution in [0.4, 0.5) is 0 Å². The minimum atomic E-state index is 0.559. The van der Waals surface area contributed by atoms with E-state index in [9.17, 15) is 0 Å². The highest BCUT2D eigenvalue weighted by molar-refractivity contribution is 4.71. The van der Waals surface area contributed by atoms with Crippen LogP contribution in [0.2, 0.25) is 0 Å². The molecule has 0 aliphatic carbocycles. The Morgan fingerprint density at radius 3 is 3.09 bits per heavy atom. The maximum atomic E-state index is 5.35. The Balaban J connectivity index is 2.18. The quantitative estimate of drug-likeness (QED) is 0.593. The molecule has 0 aromatic rings. The van der Waals surface area contributed by atoms with Crippen LogP contribution in [0, 0.1) is 0 Å². The lowest BCUT2D eigenvalue weighted by Gasteiger charge is -2.32. The molecule has 0 unspecified atom stereocenters. The smallest absolute Gasteiger partial charge is 0.0623 e. The molecule has 0 radical (unpaired) electrons. The van der Waals surface area contributed by atoms with Crippen LogP contribution in [-0.2, 0) is 9.47 Å². The molecule has 0 amide bonds. The molecule has 1 atom stereocenters. The summed E-state index contributed by atoms with van der Waals surface area (Å²) < 4.78 is 10.4. The number of morpholine rings is 1. The predicted molar refractivity (Wildman–Crippen MR) is 43.7 cm³/mol. The Labute approximate surface area is 68.3 Å². The number of methoxy groups -OCH3 is 1. The summed E-state index contributed by atoms with van der Waals surface area (Å²) in [5.41, 5.74) is 0. The van der Waals surface area contributed by atoms with E-state index in [1.54, 1.807) is 7.11 Å². The van der Waals surface area contributed by atoms with Crippen molar-refractivity contribution in [3.63, 3.8) is 0 Å². The molecule has 0 aromatic heterocycles. The van der Waals surface area contributed by atoms with Gasteiger partial charge in [0.25, 0.3) is 0 Å². The van der Waals surface area contributed by atoms with E-state index >= 15 is 0 Å². The zero-order chi connectivity index (χ0) is 8.10. The van der Waals surface area contributed by atoms with Crippen LogP contribution >= 0.6 is 0 Å². The molecule has 66 valence electrons. The van der Waals surface area contributed by atoms with Gasteiger partial charge in [0.15, 0.2) is 0 Å². The highest BCUT2D eigenvalue weighted by atomic mass is 16.5. The van der Waals surface area contributed by atoms with E-state index in [0.717, 1.165) is 32.8 Å². The Hall–Kier alpha value is -0.120. The fraction of sp³-hybridized carbons (Fsp3) is 1.00. The molecule has 0 N–H and O–H groups in total. The Morgan fingerprint density at radius 1 is 1.64 bits per heavy atom. The molecule has 1 fully saturated rings. The van der Waals surface area contributed by atoms with Gasteiger partial charge in [-0.1, -0.05) is 0 Å². The summed E-state index contributed by atoms with van der Waals surface area (Å²) in [7, 11) is 3.88. The normalized spacial score (nSPS) is 27.3. The van der Waals surface area contributed by atoms with Crippen molar-refractivity contribution in [2.45, 2.75) is 12.5 Å². The largest absolute Gasteiger partial charge is 0.385 e. The summed E-state index contributed by atoms with van der Waals surface area (Å²) >= 11 is 0. The lowest BCUT2D eigenvalue weighted by molar-refractivity contribution is -0.00518. The summed E-state index contributed by atoms with van der Waals surface area (Å²) in [5.74, 6) is 0. The van der Waals surface area contributed by atoms with Gasteiger partial charge < -0.3 is 9.47 Å². The summed E-state index contributed by atoms with van der Waals surface area (Å²) in [4.78, 5) is 2.34. The average molecular weight is 159 g/mol. The fourth-order valence-electron chi connectivity index (χ4n) is 1.30. The van der Waals surface area contributed by atoms with Crippen LogP contribution in [0.1, 0.15) is 6.42 Å². The number of rotatable bonds is 3. The van der Waals surface area contributed by atoms with Crippen LogP contribution in [-0.4, -0.2) is 51.5 Å². The van der Waals surface area contributed by atoms with Crippen LogP contribution in [0.3, 0.4) is 0 Å². The lowest BCUT2D eigenvalue weighted by atomic mass is 10.2. The van der Waals surface area contributed by atoms with E-state index < -0.39 is 0 Å². The highest BCUT2D eigenvalue weighted by Gasteiger charge is 2.18. The van der Waals surface area contributed by atoms with Gasteiger partial charge in [-0.15, -0.1) is 0 Å². The van der Waals surface area contributed by atoms with Crippen molar-refractivity contribution in [1.29, 1.82) is 0 Å². The van der Waals surface area contributed by atoms with Gasteiger partial charge in [0.1, 0.15) is 0 Å². The number of ether oxygens (including phenoxy) is 2. The summed E-state index contributed by atoms with van der Waals surface area (Å²) in [6.45, 7) is 3.62. The molecule has 1 heterocycles. The zero-order valence-electron chi connectivity index (χ0n) is 7.38. The average Bonchev–Trinajstić information content (AvgIpc) is 2.03. The van der Waals surface area contributed by atoms with E-state index in [1.165, 1.54) is 0 Å². The van der Waals surface area contributed by atoms with E-state index in [0.29, 0.717) is 6.04 Å². The van der Waals surface area contributed by atoms with Gasteiger partial charge in [0.05, 0.1) is 13.2 Å². The number of likely N-dealkylation sites (N-methyl/N-ethyl adjacent to an activating group) is 1. The third-order valence-corrected chi connectivity index (χ3v) is 2.18. The van der Waals surface area contributed by atoms with Crippen LogP contribution in [0.5, 0.6) is 0 Å². The Bertz CT molecular complexity index is 108. The second kappa shape index (κ2) is 4.70. The van der Waals surface area contributed by atoms with Gasteiger partial charge in [0, 0.05) is 26.3 Å². The first-order chi connectivity index (χ1) is 5.34. The minimum Gasteiger partial charge on any atom is -0.385 e. The molecule has 1 aliphatic heterocycles. The molecule has 0 saturated carbocycles. The molecule has 1 rings (SSSR count). The Morgan fingerprint density at radius 2 is 2.45 bits per heavy atom. The topological polar surface area (TPSA) is 21.7 Å².